The average molecular weight is 544 g/mol. The predicted molar refractivity (Wildman–Crippen MR) is 139 cm³/mol. The Morgan fingerprint density at radius 1 is 1.00 bits per heavy atom. The number of carbonyl (C=O) groups excluding carboxylic acids is 2. The summed E-state index contributed by atoms with van der Waals surface area (Å²) in [6.45, 7) is 3.87. The van der Waals surface area contributed by atoms with Crippen LogP contribution in [0.1, 0.15) is 22.3 Å². The molecule has 3 aromatic carbocycles. The number of ether oxygens (including phenoxy) is 1. The molecule has 0 bridgehead atoms. The molecule has 0 heterocycles. The van der Waals surface area contributed by atoms with Crippen molar-refractivity contribution in [3.63, 3.8) is 0 Å². The van der Waals surface area contributed by atoms with E-state index >= 15 is 0 Å². The van der Waals surface area contributed by atoms with Crippen molar-refractivity contribution in [3.05, 3.63) is 98.5 Å². The largest absolute Gasteiger partial charge is 0.484 e. The fourth-order valence-electron chi connectivity index (χ4n) is 3.72. The first-order valence-corrected chi connectivity index (χ1v) is 12.1. The van der Waals surface area contributed by atoms with E-state index in [2.05, 4.69) is 21.2 Å². The van der Waals surface area contributed by atoms with Crippen molar-refractivity contribution in [1.82, 2.24) is 10.2 Å². The third kappa shape index (κ3) is 6.84. The number of nitrogens with one attached hydrogen (secondary N) is 1. The molecule has 3 aromatic rings. The molecule has 0 saturated carbocycles. The van der Waals surface area contributed by atoms with E-state index < -0.39 is 6.04 Å². The van der Waals surface area contributed by atoms with Crippen LogP contribution in [-0.2, 0) is 22.6 Å². The summed E-state index contributed by atoms with van der Waals surface area (Å²) in [5.74, 6) is 0.0566. The third-order valence-corrected chi connectivity index (χ3v) is 6.68. The normalized spacial score (nSPS) is 11.6. The van der Waals surface area contributed by atoms with Crippen LogP contribution in [0.2, 0.25) is 5.02 Å². The summed E-state index contributed by atoms with van der Waals surface area (Å²) >= 11 is 9.70. The zero-order valence-electron chi connectivity index (χ0n) is 19.5. The molecule has 0 fully saturated rings. The Labute approximate surface area is 214 Å². The summed E-state index contributed by atoms with van der Waals surface area (Å²) in [5.41, 5.74) is 3.64. The maximum atomic E-state index is 13.5. The van der Waals surface area contributed by atoms with Gasteiger partial charge in [0.1, 0.15) is 11.8 Å². The molecular weight excluding hydrogens is 516 g/mol. The van der Waals surface area contributed by atoms with Crippen molar-refractivity contribution < 1.29 is 14.3 Å². The quantitative estimate of drug-likeness (QED) is 0.389. The molecule has 178 valence electrons. The van der Waals surface area contributed by atoms with E-state index in [1.165, 1.54) is 0 Å². The van der Waals surface area contributed by atoms with E-state index in [1.807, 2.05) is 80.6 Å². The number of rotatable bonds is 9. The van der Waals surface area contributed by atoms with Gasteiger partial charge in [-0.2, -0.15) is 0 Å². The van der Waals surface area contributed by atoms with E-state index in [0.29, 0.717) is 17.2 Å². The Kier molecular flexibility index (Phi) is 9.13. The minimum atomic E-state index is -0.694. The van der Waals surface area contributed by atoms with Crippen molar-refractivity contribution in [3.8, 4) is 5.75 Å². The molecule has 1 N–H and O–H groups in total. The van der Waals surface area contributed by atoms with Crippen LogP contribution in [0.4, 0.5) is 0 Å². The van der Waals surface area contributed by atoms with Crippen molar-refractivity contribution in [1.29, 1.82) is 0 Å². The number of likely N-dealkylation sites (N-methyl/N-ethyl adjacent to an activating group) is 1. The van der Waals surface area contributed by atoms with Gasteiger partial charge >= 0.3 is 0 Å². The van der Waals surface area contributed by atoms with Crippen LogP contribution in [0.25, 0.3) is 0 Å². The molecule has 0 saturated heterocycles. The molecule has 5 nitrogen and oxygen atoms in total. The first-order chi connectivity index (χ1) is 16.3. The smallest absolute Gasteiger partial charge is 0.261 e. The van der Waals surface area contributed by atoms with Crippen LogP contribution < -0.4 is 10.1 Å². The zero-order chi connectivity index (χ0) is 24.7. The fourth-order valence-corrected chi connectivity index (χ4v) is 4.10. The van der Waals surface area contributed by atoms with Gasteiger partial charge in [-0.3, -0.25) is 9.59 Å². The van der Waals surface area contributed by atoms with E-state index in [1.54, 1.807) is 11.9 Å². The van der Waals surface area contributed by atoms with Crippen LogP contribution in [-0.4, -0.2) is 36.4 Å². The van der Waals surface area contributed by atoms with Crippen molar-refractivity contribution in [2.45, 2.75) is 32.9 Å². The van der Waals surface area contributed by atoms with Gasteiger partial charge in [0.2, 0.25) is 5.91 Å². The molecule has 0 radical (unpaired) electrons. The highest BCUT2D eigenvalue weighted by Crippen LogP contribution is 2.26. The summed E-state index contributed by atoms with van der Waals surface area (Å²) in [7, 11) is 1.58. The number of halogens is 2. The standard InChI is InChI=1S/C27H28BrClN2O3/c1-18-13-23(14-19(2)26(18)29)34-17-25(32)31(16-21-9-11-22(28)12-10-21)24(27(33)30-3)15-20-7-5-4-6-8-20/h4-14,24H,15-17H2,1-3H3,(H,30,33)/t24-/m1/s1. The summed E-state index contributed by atoms with van der Waals surface area (Å²) in [5, 5.41) is 3.39. The zero-order valence-corrected chi connectivity index (χ0v) is 21.8. The van der Waals surface area contributed by atoms with Gasteiger partial charge in [0, 0.05) is 29.5 Å². The van der Waals surface area contributed by atoms with Gasteiger partial charge in [-0.15, -0.1) is 0 Å². The molecule has 0 aliphatic heterocycles. The Bertz CT molecular complexity index is 1110. The summed E-state index contributed by atoms with van der Waals surface area (Å²) in [6, 6.07) is 20.3. The van der Waals surface area contributed by atoms with E-state index in [9.17, 15) is 9.59 Å². The molecule has 2 amide bonds. The van der Waals surface area contributed by atoms with Gasteiger partial charge in [0.05, 0.1) is 0 Å². The van der Waals surface area contributed by atoms with Gasteiger partial charge < -0.3 is 15.0 Å². The van der Waals surface area contributed by atoms with Crippen LogP contribution >= 0.6 is 27.5 Å². The number of amides is 2. The average Bonchev–Trinajstić information content (AvgIpc) is 2.84. The molecule has 0 aromatic heterocycles. The Morgan fingerprint density at radius 3 is 2.21 bits per heavy atom. The van der Waals surface area contributed by atoms with Crippen molar-refractivity contribution in [2.75, 3.05) is 13.7 Å². The SMILES string of the molecule is CNC(=O)[C@@H](Cc1ccccc1)N(Cc1ccc(Br)cc1)C(=O)COc1cc(C)c(Cl)c(C)c1. The minimum absolute atomic E-state index is 0.195. The lowest BCUT2D eigenvalue weighted by atomic mass is 10.0. The molecule has 0 aliphatic carbocycles. The van der Waals surface area contributed by atoms with Crippen LogP contribution in [0.3, 0.4) is 0 Å². The van der Waals surface area contributed by atoms with E-state index in [4.69, 9.17) is 16.3 Å². The van der Waals surface area contributed by atoms with Crippen molar-refractivity contribution in [2.24, 2.45) is 0 Å². The van der Waals surface area contributed by atoms with E-state index in [0.717, 1.165) is 26.7 Å². The number of carbonyl (C=O) groups is 2. The number of hydrogen-bond acceptors (Lipinski definition) is 3. The van der Waals surface area contributed by atoms with Gasteiger partial charge in [0.25, 0.3) is 5.91 Å². The molecule has 0 unspecified atom stereocenters. The first-order valence-electron chi connectivity index (χ1n) is 11.0. The molecule has 1 atom stereocenters. The summed E-state index contributed by atoms with van der Waals surface area (Å²) in [6.07, 6.45) is 0.391. The predicted octanol–water partition coefficient (Wildman–Crippen LogP) is 5.48. The third-order valence-electron chi connectivity index (χ3n) is 5.56. The lowest BCUT2D eigenvalue weighted by molar-refractivity contribution is -0.142. The lowest BCUT2D eigenvalue weighted by Gasteiger charge is -2.31. The molecule has 3 rings (SSSR count). The Balaban J connectivity index is 1.88. The molecule has 0 aliphatic rings. The summed E-state index contributed by atoms with van der Waals surface area (Å²) in [4.78, 5) is 28.0. The van der Waals surface area contributed by atoms with E-state index in [-0.39, 0.29) is 25.0 Å². The fraction of sp³-hybridized carbons (Fsp3) is 0.259. The van der Waals surface area contributed by atoms with Crippen LogP contribution in [0.5, 0.6) is 5.75 Å². The molecule has 0 spiro atoms. The highest BCUT2D eigenvalue weighted by atomic mass is 79.9. The number of hydrogen-bond donors (Lipinski definition) is 1. The summed E-state index contributed by atoms with van der Waals surface area (Å²) < 4.78 is 6.79. The minimum Gasteiger partial charge on any atom is -0.484 e. The van der Waals surface area contributed by atoms with Crippen LogP contribution in [0.15, 0.2) is 71.2 Å². The Hall–Kier alpha value is -2.83. The molecule has 7 heteroatoms. The monoisotopic (exact) mass is 542 g/mol. The Morgan fingerprint density at radius 2 is 1.62 bits per heavy atom. The lowest BCUT2D eigenvalue weighted by Crippen LogP contribution is -2.51. The number of aryl methyl sites for hydroxylation is 2. The van der Waals surface area contributed by atoms with Crippen LogP contribution in [0, 0.1) is 13.8 Å². The maximum absolute atomic E-state index is 13.5. The molecule has 34 heavy (non-hydrogen) atoms. The van der Waals surface area contributed by atoms with Gasteiger partial charge in [-0.1, -0.05) is 70.0 Å². The van der Waals surface area contributed by atoms with Gasteiger partial charge in [0.15, 0.2) is 6.61 Å². The second kappa shape index (κ2) is 12.0. The second-order valence-electron chi connectivity index (χ2n) is 8.13. The number of nitrogens with zero attached hydrogens (tertiary/aromatic N) is 1. The highest BCUT2D eigenvalue weighted by Gasteiger charge is 2.30. The van der Waals surface area contributed by atoms with Crippen molar-refractivity contribution >= 4 is 39.3 Å². The van der Waals surface area contributed by atoms with Gasteiger partial charge in [-0.05, 0) is 60.4 Å². The molecular formula is C27H28BrClN2O3. The maximum Gasteiger partial charge on any atom is 0.261 e. The highest BCUT2D eigenvalue weighted by molar-refractivity contribution is 9.10. The second-order valence-corrected chi connectivity index (χ2v) is 9.42. The number of benzene rings is 3. The topological polar surface area (TPSA) is 58.6 Å². The first kappa shape index (κ1) is 25.8. The van der Waals surface area contributed by atoms with Gasteiger partial charge in [-0.25, -0.2) is 0 Å².